The lowest BCUT2D eigenvalue weighted by Gasteiger charge is -2.45. The van der Waals surface area contributed by atoms with Gasteiger partial charge in [-0.1, -0.05) is 66.7 Å². The second kappa shape index (κ2) is 10.7. The van der Waals surface area contributed by atoms with E-state index in [2.05, 4.69) is 4.99 Å². The van der Waals surface area contributed by atoms with Crippen LogP contribution in [0.2, 0.25) is 0 Å². The van der Waals surface area contributed by atoms with Crippen LogP contribution in [0.25, 0.3) is 0 Å². The van der Waals surface area contributed by atoms with E-state index in [1.807, 2.05) is 12.2 Å². The first kappa shape index (κ1) is 25.4. The van der Waals surface area contributed by atoms with Crippen molar-refractivity contribution in [2.45, 2.75) is 31.7 Å². The minimum absolute atomic E-state index is 0.0307. The lowest BCUT2D eigenvalue weighted by atomic mass is 9.77. The Labute approximate surface area is 232 Å². The number of allylic oxidation sites excluding steroid dienone is 2. The number of fused-ring (bicyclic) bond motifs is 2. The predicted octanol–water partition coefficient (Wildman–Crippen LogP) is 6.07. The summed E-state index contributed by atoms with van der Waals surface area (Å²) in [4.78, 5) is 62.0. The van der Waals surface area contributed by atoms with E-state index >= 15 is 0 Å². The maximum Gasteiger partial charge on any atom is 0.340 e. The van der Waals surface area contributed by atoms with Crippen molar-refractivity contribution in [3.05, 3.63) is 131 Å². The third-order valence-electron chi connectivity index (χ3n) is 7.60. The lowest BCUT2D eigenvalue weighted by Crippen LogP contribution is -2.64. The summed E-state index contributed by atoms with van der Waals surface area (Å²) < 4.78 is 0. The molecule has 0 N–H and O–H groups in total. The van der Waals surface area contributed by atoms with Gasteiger partial charge in [0.25, 0.3) is 17.7 Å². The van der Waals surface area contributed by atoms with E-state index in [1.54, 1.807) is 91.0 Å². The molecule has 2 atom stereocenters. The Kier molecular flexibility index (Phi) is 6.78. The van der Waals surface area contributed by atoms with Crippen molar-refractivity contribution < 1.29 is 19.2 Å². The Morgan fingerprint density at radius 2 is 1.15 bits per heavy atom. The molecule has 1 heterocycles. The molecule has 5 amide bonds. The van der Waals surface area contributed by atoms with Gasteiger partial charge >= 0.3 is 6.03 Å². The smallest absolute Gasteiger partial charge is 0.269 e. The minimum Gasteiger partial charge on any atom is -0.269 e. The fraction of sp³-hybridized carbons (Fsp3) is 0.182. The first-order chi connectivity index (χ1) is 19.5. The first-order valence-corrected chi connectivity index (χ1v) is 13.4. The molecule has 3 aromatic carbocycles. The van der Waals surface area contributed by atoms with Crippen molar-refractivity contribution in [1.82, 2.24) is 9.80 Å². The molecule has 0 bridgehead atoms. The second-order valence-electron chi connectivity index (χ2n) is 10.1. The number of rotatable bonds is 3. The largest absolute Gasteiger partial charge is 0.340 e. The van der Waals surface area contributed by atoms with Gasteiger partial charge in [-0.25, -0.2) is 9.69 Å². The number of hydrogen-bond donors (Lipinski definition) is 0. The van der Waals surface area contributed by atoms with E-state index in [0.29, 0.717) is 11.1 Å². The molecule has 0 spiro atoms. The molecule has 2 aliphatic carbocycles. The molecule has 7 nitrogen and oxygen atoms in total. The van der Waals surface area contributed by atoms with Gasteiger partial charge in [0.2, 0.25) is 0 Å². The molecule has 2 fully saturated rings. The molecule has 1 aliphatic heterocycles. The predicted molar refractivity (Wildman–Crippen MR) is 151 cm³/mol. The van der Waals surface area contributed by atoms with Gasteiger partial charge in [-0.15, -0.1) is 0 Å². The molecule has 0 aromatic heterocycles. The standard InChI is InChI=1S/C33H27N3O4/c37-30(22-12-4-1-5-13-22)34-29-27-20-25-18-10-11-19-26(25)21-28(27)35(31(38)23-14-6-2-7-15-23)33(40)36(29)32(39)24-16-8-3-9-17-24/h1-9,12-17,20-21,27-28H,10-11,18-19H2/t27-,28+/m1/s1. The monoisotopic (exact) mass is 529 g/mol. The van der Waals surface area contributed by atoms with Crippen LogP contribution in [-0.2, 0) is 0 Å². The van der Waals surface area contributed by atoms with Crippen molar-refractivity contribution in [3.63, 3.8) is 0 Å². The molecule has 3 aliphatic rings. The average molecular weight is 530 g/mol. The second-order valence-corrected chi connectivity index (χ2v) is 10.1. The van der Waals surface area contributed by atoms with E-state index in [0.717, 1.165) is 46.6 Å². The summed E-state index contributed by atoms with van der Waals surface area (Å²) >= 11 is 0. The molecule has 1 saturated carbocycles. The van der Waals surface area contributed by atoms with Crippen LogP contribution in [-0.4, -0.2) is 45.4 Å². The lowest BCUT2D eigenvalue weighted by molar-refractivity contribution is 0.0656. The van der Waals surface area contributed by atoms with Crippen LogP contribution in [0.3, 0.4) is 0 Å². The van der Waals surface area contributed by atoms with Crippen molar-refractivity contribution in [2.75, 3.05) is 0 Å². The Morgan fingerprint density at radius 3 is 1.73 bits per heavy atom. The van der Waals surface area contributed by atoms with Gasteiger partial charge in [0.1, 0.15) is 5.84 Å². The summed E-state index contributed by atoms with van der Waals surface area (Å²) in [5.41, 5.74) is 3.13. The maximum atomic E-state index is 14.3. The molecular weight excluding hydrogens is 502 g/mol. The highest BCUT2D eigenvalue weighted by Gasteiger charge is 2.50. The number of amidine groups is 1. The van der Waals surface area contributed by atoms with Crippen LogP contribution in [0.5, 0.6) is 0 Å². The highest BCUT2D eigenvalue weighted by Crippen LogP contribution is 2.40. The van der Waals surface area contributed by atoms with Gasteiger partial charge in [-0.05, 0) is 73.2 Å². The summed E-state index contributed by atoms with van der Waals surface area (Å²) in [5, 5.41) is 0. The van der Waals surface area contributed by atoms with Gasteiger partial charge in [-0.2, -0.15) is 4.99 Å². The number of amides is 5. The van der Waals surface area contributed by atoms with Crippen molar-refractivity contribution >= 4 is 29.6 Å². The van der Waals surface area contributed by atoms with E-state index in [4.69, 9.17) is 0 Å². The summed E-state index contributed by atoms with van der Waals surface area (Å²) in [5.74, 6) is -2.35. The van der Waals surface area contributed by atoms with Crippen LogP contribution in [0.4, 0.5) is 4.79 Å². The van der Waals surface area contributed by atoms with Crippen LogP contribution in [0.1, 0.15) is 56.8 Å². The van der Waals surface area contributed by atoms with Gasteiger partial charge in [0.05, 0.1) is 12.0 Å². The molecule has 40 heavy (non-hydrogen) atoms. The molecule has 7 heteroatoms. The number of hydrogen-bond acceptors (Lipinski definition) is 4. The van der Waals surface area contributed by atoms with Crippen molar-refractivity contribution in [2.24, 2.45) is 10.9 Å². The number of carbonyl (C=O) groups excluding carboxylic acids is 4. The van der Waals surface area contributed by atoms with E-state index in [9.17, 15) is 19.2 Å². The fourth-order valence-electron chi connectivity index (χ4n) is 5.62. The first-order valence-electron chi connectivity index (χ1n) is 13.4. The summed E-state index contributed by atoms with van der Waals surface area (Å²) in [6.45, 7) is 0. The third kappa shape index (κ3) is 4.60. The Balaban J connectivity index is 1.53. The minimum atomic E-state index is -0.826. The average Bonchev–Trinajstić information content (AvgIpc) is 3.01. The van der Waals surface area contributed by atoms with Crippen LogP contribution in [0.15, 0.2) is 119 Å². The molecule has 6 rings (SSSR count). The third-order valence-corrected chi connectivity index (χ3v) is 7.60. The molecule has 1 saturated heterocycles. The number of aliphatic imine (C=N–C) groups is 1. The number of urea groups is 1. The molecule has 0 unspecified atom stereocenters. The summed E-state index contributed by atoms with van der Waals surface area (Å²) in [6.07, 6.45) is 7.70. The van der Waals surface area contributed by atoms with Crippen LogP contribution in [0, 0.1) is 5.92 Å². The van der Waals surface area contributed by atoms with E-state index < -0.39 is 35.7 Å². The Bertz CT molecular complexity index is 1580. The van der Waals surface area contributed by atoms with E-state index in [1.165, 1.54) is 0 Å². The highest BCUT2D eigenvalue weighted by atomic mass is 16.2. The summed E-state index contributed by atoms with van der Waals surface area (Å²) in [7, 11) is 0. The topological polar surface area (TPSA) is 87.1 Å². The van der Waals surface area contributed by atoms with Gasteiger partial charge in [0.15, 0.2) is 0 Å². The Hall–Kier alpha value is -4.91. The molecule has 3 aromatic rings. The number of imide groups is 2. The fourth-order valence-corrected chi connectivity index (χ4v) is 5.62. The zero-order chi connectivity index (χ0) is 27.6. The van der Waals surface area contributed by atoms with Gasteiger partial charge in [-0.3, -0.25) is 19.3 Å². The quantitative estimate of drug-likeness (QED) is 0.412. The van der Waals surface area contributed by atoms with E-state index in [-0.39, 0.29) is 11.4 Å². The Morgan fingerprint density at radius 1 is 0.650 bits per heavy atom. The summed E-state index contributed by atoms with van der Waals surface area (Å²) in [6, 6.07) is 23.9. The number of nitrogens with zero attached hydrogens (tertiary/aromatic N) is 3. The van der Waals surface area contributed by atoms with Crippen molar-refractivity contribution in [1.29, 1.82) is 0 Å². The SMILES string of the molecule is O=C(N=C1[C@@H]2C=C3CCCCC3=C[C@@H]2N(C(=O)c2ccccc2)C(=O)N1C(=O)c1ccccc1)c1ccccc1. The van der Waals surface area contributed by atoms with Crippen molar-refractivity contribution in [3.8, 4) is 0 Å². The van der Waals surface area contributed by atoms with Crippen LogP contribution < -0.4 is 0 Å². The number of carbonyl (C=O) groups is 4. The zero-order valence-electron chi connectivity index (χ0n) is 21.8. The molecule has 0 radical (unpaired) electrons. The molecule has 198 valence electrons. The van der Waals surface area contributed by atoms with Gasteiger partial charge < -0.3 is 0 Å². The van der Waals surface area contributed by atoms with Crippen LogP contribution >= 0.6 is 0 Å². The number of benzene rings is 3. The molecular formula is C33H27N3O4. The highest BCUT2D eigenvalue weighted by molar-refractivity contribution is 6.25. The zero-order valence-corrected chi connectivity index (χ0v) is 21.8. The maximum absolute atomic E-state index is 14.3. The normalized spacial score (nSPS) is 21.2. The van der Waals surface area contributed by atoms with Gasteiger partial charge in [0, 0.05) is 16.7 Å².